The molecule has 1 atom stereocenters. The molecule has 0 radical (unpaired) electrons. The van der Waals surface area contributed by atoms with Crippen molar-refractivity contribution >= 4 is 33.1 Å². The average molecular weight is 352 g/mol. The van der Waals surface area contributed by atoms with Crippen molar-refractivity contribution in [3.63, 3.8) is 0 Å². The lowest BCUT2D eigenvalue weighted by Gasteiger charge is -2.22. The maximum Gasteiger partial charge on any atom is 0.135 e. The molecule has 5 heteroatoms. The lowest BCUT2D eigenvalue weighted by molar-refractivity contribution is 0.551. The number of nitrogens with zero attached hydrogens (tertiary/aromatic N) is 2. The molecule has 1 aliphatic rings. The Labute approximate surface area is 132 Å². The van der Waals surface area contributed by atoms with E-state index >= 15 is 0 Å². The highest BCUT2D eigenvalue weighted by Gasteiger charge is 2.27. The van der Waals surface area contributed by atoms with Gasteiger partial charge in [0, 0.05) is 16.9 Å². The van der Waals surface area contributed by atoms with E-state index in [1.54, 1.807) is 11.3 Å². The summed E-state index contributed by atoms with van der Waals surface area (Å²) in [5.74, 6) is 2.95. The van der Waals surface area contributed by atoms with Gasteiger partial charge in [0.1, 0.15) is 16.2 Å². The van der Waals surface area contributed by atoms with Gasteiger partial charge in [-0.1, -0.05) is 19.9 Å². The minimum atomic E-state index is 0.295. The first-order chi connectivity index (χ1) is 9.63. The molecule has 1 aliphatic carbocycles. The topological polar surface area (TPSA) is 37.8 Å². The predicted octanol–water partition coefficient (Wildman–Crippen LogP) is 4.99. The largest absolute Gasteiger partial charge is 0.362 e. The van der Waals surface area contributed by atoms with Gasteiger partial charge in [0.15, 0.2) is 0 Å². The van der Waals surface area contributed by atoms with Gasteiger partial charge < -0.3 is 5.32 Å². The van der Waals surface area contributed by atoms with Crippen LogP contribution in [0.1, 0.15) is 49.4 Å². The first kappa shape index (κ1) is 14.0. The number of rotatable bonds is 5. The second-order valence-corrected chi connectivity index (χ2v) is 7.38. The van der Waals surface area contributed by atoms with E-state index in [1.165, 1.54) is 17.7 Å². The zero-order valence-electron chi connectivity index (χ0n) is 11.6. The summed E-state index contributed by atoms with van der Waals surface area (Å²) >= 11 is 5.28. The Kier molecular flexibility index (Phi) is 4.08. The van der Waals surface area contributed by atoms with Gasteiger partial charge in [0.05, 0.1) is 6.04 Å². The fourth-order valence-corrected chi connectivity index (χ4v) is 3.57. The molecule has 1 unspecified atom stereocenters. The maximum absolute atomic E-state index is 4.68. The van der Waals surface area contributed by atoms with E-state index < -0.39 is 0 Å². The smallest absolute Gasteiger partial charge is 0.135 e. The van der Waals surface area contributed by atoms with Crippen LogP contribution >= 0.6 is 27.3 Å². The van der Waals surface area contributed by atoms with Crippen molar-refractivity contribution < 1.29 is 0 Å². The normalized spacial score (nSPS) is 16.4. The molecule has 20 heavy (non-hydrogen) atoms. The van der Waals surface area contributed by atoms with Gasteiger partial charge >= 0.3 is 0 Å². The van der Waals surface area contributed by atoms with Crippen molar-refractivity contribution in [2.75, 3.05) is 5.32 Å². The zero-order valence-corrected chi connectivity index (χ0v) is 14.0. The summed E-state index contributed by atoms with van der Waals surface area (Å²) in [6.07, 6.45) is 2.43. The summed E-state index contributed by atoms with van der Waals surface area (Å²) in [4.78, 5) is 10.5. The zero-order chi connectivity index (χ0) is 14.1. The van der Waals surface area contributed by atoms with Crippen LogP contribution in [-0.4, -0.2) is 9.97 Å². The SMILES string of the molecule is CC(C)C(Nc1cc(Br)nc(C2CC2)n1)c1cccs1. The maximum atomic E-state index is 4.68. The quantitative estimate of drug-likeness (QED) is 0.771. The van der Waals surface area contributed by atoms with E-state index in [1.807, 2.05) is 6.07 Å². The van der Waals surface area contributed by atoms with Crippen LogP contribution in [0, 0.1) is 5.92 Å². The van der Waals surface area contributed by atoms with Gasteiger partial charge in [-0.3, -0.25) is 0 Å². The van der Waals surface area contributed by atoms with E-state index in [-0.39, 0.29) is 0 Å². The van der Waals surface area contributed by atoms with Gasteiger partial charge in [0.2, 0.25) is 0 Å². The Balaban J connectivity index is 1.85. The number of anilines is 1. The predicted molar refractivity (Wildman–Crippen MR) is 87.2 cm³/mol. The Bertz CT molecular complexity index is 579. The Morgan fingerprint density at radius 1 is 1.35 bits per heavy atom. The molecular formula is C15H18BrN3S. The summed E-state index contributed by atoms with van der Waals surface area (Å²) in [7, 11) is 0. The number of hydrogen-bond acceptors (Lipinski definition) is 4. The second kappa shape index (κ2) is 5.82. The highest BCUT2D eigenvalue weighted by atomic mass is 79.9. The van der Waals surface area contributed by atoms with E-state index in [2.05, 4.69) is 62.6 Å². The highest BCUT2D eigenvalue weighted by Crippen LogP contribution is 2.39. The van der Waals surface area contributed by atoms with Crippen LogP contribution in [0.4, 0.5) is 5.82 Å². The Morgan fingerprint density at radius 2 is 2.15 bits per heavy atom. The molecule has 0 bridgehead atoms. The molecule has 2 aromatic heterocycles. The van der Waals surface area contributed by atoms with Gasteiger partial charge in [-0.15, -0.1) is 11.3 Å². The van der Waals surface area contributed by atoms with Crippen LogP contribution in [0.5, 0.6) is 0 Å². The van der Waals surface area contributed by atoms with Crippen LogP contribution in [0.25, 0.3) is 0 Å². The van der Waals surface area contributed by atoms with E-state index in [4.69, 9.17) is 0 Å². The lowest BCUT2D eigenvalue weighted by Crippen LogP contribution is -2.17. The van der Waals surface area contributed by atoms with Gasteiger partial charge in [-0.2, -0.15) is 0 Å². The first-order valence-corrected chi connectivity index (χ1v) is 8.65. The third-order valence-corrected chi connectivity index (χ3v) is 4.84. The number of nitrogens with one attached hydrogen (secondary N) is 1. The van der Waals surface area contributed by atoms with E-state index in [0.717, 1.165) is 16.2 Å². The van der Waals surface area contributed by atoms with Crippen molar-refractivity contribution in [1.29, 1.82) is 0 Å². The minimum absolute atomic E-state index is 0.295. The molecule has 3 nitrogen and oxygen atoms in total. The molecule has 2 aromatic rings. The minimum Gasteiger partial charge on any atom is -0.362 e. The van der Waals surface area contributed by atoms with Crippen LogP contribution in [-0.2, 0) is 0 Å². The monoisotopic (exact) mass is 351 g/mol. The van der Waals surface area contributed by atoms with Crippen LogP contribution in [0.3, 0.4) is 0 Å². The van der Waals surface area contributed by atoms with Crippen LogP contribution < -0.4 is 5.32 Å². The average Bonchev–Trinajstić information content (AvgIpc) is 3.11. The molecule has 0 aliphatic heterocycles. The Hall–Kier alpha value is -0.940. The van der Waals surface area contributed by atoms with Crippen molar-refractivity contribution in [3.8, 4) is 0 Å². The Morgan fingerprint density at radius 3 is 2.75 bits per heavy atom. The summed E-state index contributed by atoms with van der Waals surface area (Å²) in [5, 5.41) is 5.70. The second-order valence-electron chi connectivity index (χ2n) is 5.59. The molecule has 0 saturated heterocycles. The van der Waals surface area contributed by atoms with Gasteiger partial charge in [0.25, 0.3) is 0 Å². The molecule has 3 rings (SSSR count). The molecule has 1 fully saturated rings. The number of hydrogen-bond donors (Lipinski definition) is 1. The molecule has 0 aromatic carbocycles. The van der Waals surface area contributed by atoms with Crippen LogP contribution in [0.2, 0.25) is 0 Å². The standard InChI is InChI=1S/C15H18BrN3S/c1-9(2)14(11-4-3-7-20-11)18-13-8-12(16)17-15(19-13)10-5-6-10/h3-4,7-10,14H,5-6H2,1-2H3,(H,17,18,19). The summed E-state index contributed by atoms with van der Waals surface area (Å²) < 4.78 is 0.866. The highest BCUT2D eigenvalue weighted by molar-refractivity contribution is 9.10. The number of halogens is 1. The molecule has 1 N–H and O–H groups in total. The third kappa shape index (κ3) is 3.20. The molecule has 106 valence electrons. The number of thiophene rings is 1. The van der Waals surface area contributed by atoms with E-state index in [0.29, 0.717) is 17.9 Å². The molecule has 0 spiro atoms. The van der Waals surface area contributed by atoms with Crippen molar-refractivity contribution in [2.45, 2.75) is 38.6 Å². The fraction of sp³-hybridized carbons (Fsp3) is 0.467. The van der Waals surface area contributed by atoms with Crippen molar-refractivity contribution in [3.05, 3.63) is 38.9 Å². The summed E-state index contributed by atoms with van der Waals surface area (Å²) in [6.45, 7) is 4.46. The molecule has 1 saturated carbocycles. The van der Waals surface area contributed by atoms with E-state index in [9.17, 15) is 0 Å². The summed E-state index contributed by atoms with van der Waals surface area (Å²) in [5.41, 5.74) is 0. The van der Waals surface area contributed by atoms with Crippen molar-refractivity contribution in [1.82, 2.24) is 9.97 Å². The molecule has 0 amide bonds. The fourth-order valence-electron chi connectivity index (χ4n) is 2.23. The summed E-state index contributed by atoms with van der Waals surface area (Å²) in [6, 6.07) is 6.54. The van der Waals surface area contributed by atoms with Crippen LogP contribution in [0.15, 0.2) is 28.2 Å². The van der Waals surface area contributed by atoms with Gasteiger partial charge in [-0.05, 0) is 46.1 Å². The first-order valence-electron chi connectivity index (χ1n) is 6.98. The third-order valence-electron chi connectivity index (χ3n) is 3.47. The molecule has 2 heterocycles. The molecular weight excluding hydrogens is 334 g/mol. The van der Waals surface area contributed by atoms with Crippen molar-refractivity contribution in [2.24, 2.45) is 5.92 Å². The number of aromatic nitrogens is 2. The van der Waals surface area contributed by atoms with Gasteiger partial charge in [-0.25, -0.2) is 9.97 Å². The lowest BCUT2D eigenvalue weighted by atomic mass is 10.0.